The van der Waals surface area contributed by atoms with Gasteiger partial charge < -0.3 is 16.0 Å². The molecule has 0 heterocycles. The van der Waals surface area contributed by atoms with Gasteiger partial charge in [-0.2, -0.15) is 0 Å². The number of carbonyl (C=O) groups is 3. The van der Waals surface area contributed by atoms with Crippen molar-refractivity contribution in [2.24, 2.45) is 5.92 Å². The SMILES string of the molecule is CC(=O)Nc1ccc(Cl)cc1NC(=O)C(C)NC(=O)CC1CCCCC1. The van der Waals surface area contributed by atoms with Crippen molar-refractivity contribution < 1.29 is 14.4 Å². The van der Waals surface area contributed by atoms with E-state index in [2.05, 4.69) is 16.0 Å². The third-order valence-corrected chi connectivity index (χ3v) is 4.75. The zero-order valence-electron chi connectivity index (χ0n) is 15.2. The van der Waals surface area contributed by atoms with Gasteiger partial charge in [-0.15, -0.1) is 0 Å². The maximum Gasteiger partial charge on any atom is 0.246 e. The number of halogens is 1. The van der Waals surface area contributed by atoms with Crippen molar-refractivity contribution in [3.8, 4) is 0 Å². The van der Waals surface area contributed by atoms with E-state index in [9.17, 15) is 14.4 Å². The number of rotatable bonds is 6. The van der Waals surface area contributed by atoms with Gasteiger partial charge in [0.05, 0.1) is 11.4 Å². The average Bonchev–Trinajstić information content (AvgIpc) is 2.57. The molecule has 3 N–H and O–H groups in total. The minimum absolute atomic E-state index is 0.104. The number of carbonyl (C=O) groups excluding carboxylic acids is 3. The molecule has 7 heteroatoms. The van der Waals surface area contributed by atoms with Crippen molar-refractivity contribution >= 4 is 40.7 Å². The zero-order chi connectivity index (χ0) is 19.1. The first-order valence-electron chi connectivity index (χ1n) is 9.02. The highest BCUT2D eigenvalue weighted by molar-refractivity contribution is 6.31. The highest BCUT2D eigenvalue weighted by atomic mass is 35.5. The summed E-state index contributed by atoms with van der Waals surface area (Å²) in [6.45, 7) is 3.02. The second-order valence-corrected chi connectivity index (χ2v) is 7.29. The van der Waals surface area contributed by atoms with Crippen LogP contribution < -0.4 is 16.0 Å². The molecular formula is C19H26ClN3O3. The molecule has 1 unspecified atom stereocenters. The molecule has 0 aliphatic heterocycles. The van der Waals surface area contributed by atoms with Gasteiger partial charge in [-0.05, 0) is 43.9 Å². The number of benzene rings is 1. The van der Waals surface area contributed by atoms with Crippen LogP contribution in [0.25, 0.3) is 0 Å². The van der Waals surface area contributed by atoms with Gasteiger partial charge in [0.2, 0.25) is 17.7 Å². The molecule has 2 rings (SSSR count). The van der Waals surface area contributed by atoms with Crippen LogP contribution in [0.3, 0.4) is 0 Å². The largest absolute Gasteiger partial charge is 0.345 e. The molecule has 1 aliphatic carbocycles. The van der Waals surface area contributed by atoms with Crippen molar-refractivity contribution in [2.75, 3.05) is 10.6 Å². The van der Waals surface area contributed by atoms with E-state index in [1.54, 1.807) is 25.1 Å². The summed E-state index contributed by atoms with van der Waals surface area (Å²) >= 11 is 5.98. The normalized spacial score (nSPS) is 15.8. The summed E-state index contributed by atoms with van der Waals surface area (Å²) in [5, 5.41) is 8.54. The van der Waals surface area contributed by atoms with Gasteiger partial charge in [-0.25, -0.2) is 0 Å². The number of hydrogen-bond donors (Lipinski definition) is 3. The lowest BCUT2D eigenvalue weighted by atomic mass is 9.87. The first-order valence-corrected chi connectivity index (χ1v) is 9.40. The summed E-state index contributed by atoms with van der Waals surface area (Å²) < 4.78 is 0. The predicted octanol–water partition coefficient (Wildman–Crippen LogP) is 3.71. The molecule has 3 amide bonds. The molecule has 0 saturated heterocycles. The van der Waals surface area contributed by atoms with E-state index in [1.807, 2.05) is 0 Å². The van der Waals surface area contributed by atoms with Crippen molar-refractivity contribution in [3.63, 3.8) is 0 Å². The van der Waals surface area contributed by atoms with E-state index in [0.29, 0.717) is 28.7 Å². The minimum Gasteiger partial charge on any atom is -0.345 e. The Hall–Kier alpha value is -2.08. The zero-order valence-corrected chi connectivity index (χ0v) is 16.0. The monoisotopic (exact) mass is 379 g/mol. The second-order valence-electron chi connectivity index (χ2n) is 6.86. The fourth-order valence-corrected chi connectivity index (χ4v) is 3.35. The van der Waals surface area contributed by atoms with E-state index in [0.717, 1.165) is 12.8 Å². The first-order chi connectivity index (χ1) is 12.3. The predicted molar refractivity (Wildman–Crippen MR) is 103 cm³/mol. The Morgan fingerprint density at radius 2 is 1.81 bits per heavy atom. The Kier molecular flexibility index (Phi) is 7.45. The number of anilines is 2. The number of nitrogens with one attached hydrogen (secondary N) is 3. The Balaban J connectivity index is 1.92. The molecule has 26 heavy (non-hydrogen) atoms. The first kappa shape index (κ1) is 20.2. The molecule has 0 spiro atoms. The topological polar surface area (TPSA) is 87.3 Å². The van der Waals surface area contributed by atoms with Gasteiger partial charge >= 0.3 is 0 Å². The molecule has 1 aromatic rings. The van der Waals surface area contributed by atoms with E-state index in [-0.39, 0.29) is 17.7 Å². The van der Waals surface area contributed by atoms with Crippen LogP contribution in [0.2, 0.25) is 5.02 Å². The fraction of sp³-hybridized carbons (Fsp3) is 0.526. The molecule has 0 bridgehead atoms. The molecule has 1 saturated carbocycles. The highest BCUT2D eigenvalue weighted by Crippen LogP contribution is 2.27. The van der Waals surface area contributed by atoms with Crippen molar-refractivity contribution in [1.29, 1.82) is 0 Å². The van der Waals surface area contributed by atoms with E-state index < -0.39 is 6.04 Å². The lowest BCUT2D eigenvalue weighted by Crippen LogP contribution is -2.42. The van der Waals surface area contributed by atoms with Crippen LogP contribution in [0.15, 0.2) is 18.2 Å². The smallest absolute Gasteiger partial charge is 0.246 e. The van der Waals surface area contributed by atoms with Crippen LogP contribution >= 0.6 is 11.6 Å². The van der Waals surface area contributed by atoms with E-state index in [1.165, 1.54) is 26.2 Å². The standard InChI is InChI=1S/C19H26ClN3O3/c1-12(21-18(25)10-14-6-4-3-5-7-14)19(26)23-17-11-15(20)8-9-16(17)22-13(2)24/h8-9,11-12,14H,3-7,10H2,1-2H3,(H,21,25)(H,22,24)(H,23,26). The third kappa shape index (κ3) is 6.33. The van der Waals surface area contributed by atoms with Crippen molar-refractivity contribution in [2.45, 2.75) is 58.4 Å². The molecular weight excluding hydrogens is 354 g/mol. The van der Waals surface area contributed by atoms with Gasteiger partial charge in [0.25, 0.3) is 0 Å². The average molecular weight is 380 g/mol. The quantitative estimate of drug-likeness (QED) is 0.704. The fourth-order valence-electron chi connectivity index (χ4n) is 3.18. The summed E-state index contributed by atoms with van der Waals surface area (Å²) in [4.78, 5) is 35.9. The summed E-state index contributed by atoms with van der Waals surface area (Å²) in [6, 6.07) is 4.11. The Morgan fingerprint density at radius 3 is 2.46 bits per heavy atom. The molecule has 6 nitrogen and oxygen atoms in total. The molecule has 1 fully saturated rings. The molecule has 1 atom stereocenters. The summed E-state index contributed by atoms with van der Waals surface area (Å²) in [6.07, 6.45) is 6.22. The number of hydrogen-bond acceptors (Lipinski definition) is 3. The minimum atomic E-state index is -0.685. The lowest BCUT2D eigenvalue weighted by molar-refractivity contribution is -0.126. The summed E-state index contributed by atoms with van der Waals surface area (Å²) in [7, 11) is 0. The number of amides is 3. The molecule has 1 aliphatic rings. The van der Waals surface area contributed by atoms with Crippen molar-refractivity contribution in [3.05, 3.63) is 23.2 Å². The Bertz CT molecular complexity index is 672. The van der Waals surface area contributed by atoms with E-state index >= 15 is 0 Å². The Morgan fingerprint density at radius 1 is 1.12 bits per heavy atom. The molecule has 0 radical (unpaired) electrons. The van der Waals surface area contributed by atoms with Crippen LogP contribution in [0.4, 0.5) is 11.4 Å². The molecule has 142 valence electrons. The van der Waals surface area contributed by atoms with Crippen LogP contribution in [0.5, 0.6) is 0 Å². The van der Waals surface area contributed by atoms with Gasteiger partial charge in [0.15, 0.2) is 0 Å². The third-order valence-electron chi connectivity index (χ3n) is 4.52. The van der Waals surface area contributed by atoms with Gasteiger partial charge in [-0.3, -0.25) is 14.4 Å². The Labute approximate surface area is 159 Å². The van der Waals surface area contributed by atoms with Crippen LogP contribution in [-0.4, -0.2) is 23.8 Å². The summed E-state index contributed by atoms with van der Waals surface area (Å²) in [5.74, 6) is -0.307. The lowest BCUT2D eigenvalue weighted by Gasteiger charge is -2.22. The van der Waals surface area contributed by atoms with E-state index in [4.69, 9.17) is 11.6 Å². The maximum absolute atomic E-state index is 12.4. The molecule has 0 aromatic heterocycles. The van der Waals surface area contributed by atoms with Crippen LogP contribution in [0, 0.1) is 5.92 Å². The van der Waals surface area contributed by atoms with Crippen LogP contribution in [0.1, 0.15) is 52.4 Å². The van der Waals surface area contributed by atoms with Gasteiger partial charge in [0, 0.05) is 18.4 Å². The van der Waals surface area contributed by atoms with Crippen molar-refractivity contribution in [1.82, 2.24) is 5.32 Å². The maximum atomic E-state index is 12.4. The van der Waals surface area contributed by atoms with Crippen LogP contribution in [-0.2, 0) is 14.4 Å². The van der Waals surface area contributed by atoms with Gasteiger partial charge in [0.1, 0.15) is 6.04 Å². The van der Waals surface area contributed by atoms with Gasteiger partial charge in [-0.1, -0.05) is 30.9 Å². The summed E-state index contributed by atoms with van der Waals surface area (Å²) in [5.41, 5.74) is 0.849. The second kappa shape index (κ2) is 9.57. The molecule has 1 aromatic carbocycles. The highest BCUT2D eigenvalue weighted by Gasteiger charge is 2.21.